The van der Waals surface area contributed by atoms with E-state index >= 15 is 0 Å². The van der Waals surface area contributed by atoms with E-state index in [9.17, 15) is 14.9 Å². The van der Waals surface area contributed by atoms with E-state index in [1.807, 2.05) is 17.5 Å². The molecular weight excluding hydrogens is 332 g/mol. The highest BCUT2D eigenvalue weighted by molar-refractivity contribution is 7.13. The lowest BCUT2D eigenvalue weighted by molar-refractivity contribution is -0.385. The maximum absolute atomic E-state index is 12.1. The lowest BCUT2D eigenvalue weighted by atomic mass is 10.1. The van der Waals surface area contributed by atoms with Crippen LogP contribution in [0.25, 0.3) is 10.8 Å². The number of aromatic nitrogens is 1. The molecule has 0 aliphatic carbocycles. The number of benzene rings is 1. The van der Waals surface area contributed by atoms with Crippen molar-refractivity contribution < 1.29 is 18.9 Å². The molecule has 7 nitrogen and oxygen atoms in total. The van der Waals surface area contributed by atoms with Crippen molar-refractivity contribution in [1.29, 1.82) is 0 Å². The fourth-order valence-electron chi connectivity index (χ4n) is 2.17. The molecule has 24 heavy (non-hydrogen) atoms. The minimum Gasteiger partial charge on any atom is -0.455 e. The standard InChI is InChI=1S/C16H12N2O5S/c1-10-4-2-5-12(14(10)18(20)21)16(19)23-9-11-8-22-15(17-11)13-6-3-7-24-13/h2-8H,9H2,1H3. The van der Waals surface area contributed by atoms with Crippen LogP contribution in [0.15, 0.2) is 46.4 Å². The number of nitrogens with zero attached hydrogens (tertiary/aromatic N) is 2. The number of para-hydroxylation sites is 1. The molecule has 1 aromatic carbocycles. The zero-order chi connectivity index (χ0) is 17.1. The second-order valence-electron chi connectivity index (χ2n) is 4.93. The van der Waals surface area contributed by atoms with E-state index in [-0.39, 0.29) is 17.9 Å². The Bertz CT molecular complexity index is 886. The van der Waals surface area contributed by atoms with Crippen LogP contribution in [0.2, 0.25) is 0 Å². The number of nitro groups is 1. The highest BCUT2D eigenvalue weighted by Gasteiger charge is 2.23. The van der Waals surface area contributed by atoms with Gasteiger partial charge < -0.3 is 9.15 Å². The van der Waals surface area contributed by atoms with Gasteiger partial charge in [0.05, 0.1) is 9.80 Å². The van der Waals surface area contributed by atoms with Crippen molar-refractivity contribution in [2.24, 2.45) is 0 Å². The third-order valence-corrected chi connectivity index (χ3v) is 4.13. The average Bonchev–Trinajstić information content (AvgIpc) is 3.23. The Hall–Kier alpha value is -3.00. The summed E-state index contributed by atoms with van der Waals surface area (Å²) in [4.78, 5) is 27.8. The fraction of sp³-hybridized carbons (Fsp3) is 0.125. The van der Waals surface area contributed by atoms with Crippen LogP contribution in [-0.4, -0.2) is 15.9 Å². The molecule has 0 aliphatic rings. The Morgan fingerprint density at radius 3 is 2.92 bits per heavy atom. The SMILES string of the molecule is Cc1cccc(C(=O)OCc2coc(-c3cccs3)n2)c1[N+](=O)[O-]. The first-order valence-electron chi connectivity index (χ1n) is 6.95. The molecule has 8 heteroatoms. The molecule has 0 saturated heterocycles. The topological polar surface area (TPSA) is 95.5 Å². The molecule has 0 aliphatic heterocycles. The first-order chi connectivity index (χ1) is 11.6. The van der Waals surface area contributed by atoms with Gasteiger partial charge >= 0.3 is 5.97 Å². The van der Waals surface area contributed by atoms with Gasteiger partial charge in [-0.2, -0.15) is 0 Å². The van der Waals surface area contributed by atoms with Crippen molar-refractivity contribution in [3.63, 3.8) is 0 Å². The Labute approximate surface area is 140 Å². The van der Waals surface area contributed by atoms with E-state index in [0.717, 1.165) is 4.88 Å². The fourth-order valence-corrected chi connectivity index (χ4v) is 2.83. The zero-order valence-electron chi connectivity index (χ0n) is 12.6. The number of hydrogen-bond donors (Lipinski definition) is 0. The summed E-state index contributed by atoms with van der Waals surface area (Å²) >= 11 is 1.48. The summed E-state index contributed by atoms with van der Waals surface area (Å²) in [5.74, 6) is -0.330. The van der Waals surface area contributed by atoms with E-state index in [1.165, 1.54) is 23.7 Å². The molecule has 0 fully saturated rings. The number of hydrogen-bond acceptors (Lipinski definition) is 7. The predicted octanol–water partition coefficient (Wildman–Crippen LogP) is 3.98. The van der Waals surface area contributed by atoms with Crippen LogP contribution in [0.4, 0.5) is 5.69 Å². The second kappa shape index (κ2) is 6.63. The van der Waals surface area contributed by atoms with Crippen LogP contribution in [0.3, 0.4) is 0 Å². The molecule has 2 heterocycles. The van der Waals surface area contributed by atoms with E-state index in [2.05, 4.69) is 4.98 Å². The normalized spacial score (nSPS) is 10.5. The molecule has 0 unspecified atom stereocenters. The molecule has 0 saturated carbocycles. The van der Waals surface area contributed by atoms with Crippen molar-refractivity contribution in [3.8, 4) is 10.8 Å². The van der Waals surface area contributed by atoms with E-state index in [0.29, 0.717) is 17.1 Å². The summed E-state index contributed by atoms with van der Waals surface area (Å²) in [5.41, 5.74) is 0.502. The van der Waals surface area contributed by atoms with E-state index in [1.54, 1.807) is 19.1 Å². The summed E-state index contributed by atoms with van der Waals surface area (Å²) in [7, 11) is 0. The van der Waals surface area contributed by atoms with Crippen molar-refractivity contribution >= 4 is 23.0 Å². The molecule has 3 aromatic rings. The molecule has 0 N–H and O–H groups in total. The van der Waals surface area contributed by atoms with Gasteiger partial charge in [-0.3, -0.25) is 10.1 Å². The molecule has 3 rings (SSSR count). The van der Waals surface area contributed by atoms with Gasteiger partial charge in [-0.15, -0.1) is 11.3 Å². The Balaban J connectivity index is 1.73. The molecular formula is C16H12N2O5S. The van der Waals surface area contributed by atoms with Crippen LogP contribution in [0.5, 0.6) is 0 Å². The van der Waals surface area contributed by atoms with Gasteiger partial charge in [0.2, 0.25) is 5.89 Å². The second-order valence-corrected chi connectivity index (χ2v) is 5.87. The lowest BCUT2D eigenvalue weighted by Crippen LogP contribution is -2.09. The number of oxazole rings is 1. The first-order valence-corrected chi connectivity index (χ1v) is 7.83. The van der Waals surface area contributed by atoms with Crippen molar-refractivity contribution in [2.75, 3.05) is 0 Å². The van der Waals surface area contributed by atoms with Crippen molar-refractivity contribution in [3.05, 3.63) is 68.9 Å². The number of carbonyl (C=O) groups is 1. The molecule has 0 amide bonds. The van der Waals surface area contributed by atoms with Crippen LogP contribution in [0.1, 0.15) is 21.6 Å². The molecule has 0 radical (unpaired) electrons. The van der Waals surface area contributed by atoms with Gasteiger partial charge in [-0.05, 0) is 24.4 Å². The Morgan fingerprint density at radius 1 is 1.38 bits per heavy atom. The first kappa shape index (κ1) is 15.9. The number of thiophene rings is 1. The summed E-state index contributed by atoms with van der Waals surface area (Å²) in [6.45, 7) is 1.44. The smallest absolute Gasteiger partial charge is 0.345 e. The molecule has 122 valence electrons. The highest BCUT2D eigenvalue weighted by atomic mass is 32.1. The Morgan fingerprint density at radius 2 is 2.21 bits per heavy atom. The van der Waals surface area contributed by atoms with Crippen molar-refractivity contribution in [2.45, 2.75) is 13.5 Å². The van der Waals surface area contributed by atoms with Crippen LogP contribution < -0.4 is 0 Å². The molecule has 2 aromatic heterocycles. The number of aryl methyl sites for hydroxylation is 1. The summed E-state index contributed by atoms with van der Waals surface area (Å²) < 4.78 is 10.5. The predicted molar refractivity (Wildman–Crippen MR) is 86.8 cm³/mol. The van der Waals surface area contributed by atoms with Gasteiger partial charge in [-0.25, -0.2) is 9.78 Å². The van der Waals surface area contributed by atoms with Crippen molar-refractivity contribution in [1.82, 2.24) is 4.98 Å². The zero-order valence-corrected chi connectivity index (χ0v) is 13.4. The van der Waals surface area contributed by atoms with E-state index in [4.69, 9.17) is 9.15 Å². The number of carbonyl (C=O) groups excluding carboxylic acids is 1. The number of ether oxygens (including phenoxy) is 1. The van der Waals surface area contributed by atoms with Gasteiger partial charge in [0.15, 0.2) is 0 Å². The minimum absolute atomic E-state index is 0.0815. The maximum Gasteiger partial charge on any atom is 0.345 e. The highest BCUT2D eigenvalue weighted by Crippen LogP contribution is 2.25. The monoisotopic (exact) mass is 344 g/mol. The van der Waals surface area contributed by atoms with E-state index < -0.39 is 10.9 Å². The summed E-state index contributed by atoms with van der Waals surface area (Å²) in [6.07, 6.45) is 1.40. The number of rotatable bonds is 5. The minimum atomic E-state index is -0.772. The Kier molecular flexibility index (Phi) is 4.39. The molecule has 0 atom stereocenters. The van der Waals surface area contributed by atoms with Gasteiger partial charge in [-0.1, -0.05) is 18.2 Å². The largest absolute Gasteiger partial charge is 0.455 e. The average molecular weight is 344 g/mol. The summed E-state index contributed by atoms with van der Waals surface area (Å²) in [5, 5.41) is 13.0. The quantitative estimate of drug-likeness (QED) is 0.395. The van der Waals surface area contributed by atoms with Gasteiger partial charge in [0.25, 0.3) is 5.69 Å². The molecule has 0 spiro atoms. The third kappa shape index (κ3) is 3.18. The van der Waals surface area contributed by atoms with Gasteiger partial charge in [0, 0.05) is 5.56 Å². The van der Waals surface area contributed by atoms with Gasteiger partial charge in [0.1, 0.15) is 24.1 Å². The third-order valence-electron chi connectivity index (χ3n) is 3.28. The maximum atomic E-state index is 12.1. The lowest BCUT2D eigenvalue weighted by Gasteiger charge is -2.05. The number of nitro benzene ring substituents is 1. The molecule has 0 bridgehead atoms. The van der Waals surface area contributed by atoms with Crippen LogP contribution in [-0.2, 0) is 11.3 Å². The summed E-state index contributed by atoms with van der Waals surface area (Å²) in [6, 6.07) is 8.25. The number of esters is 1. The van der Waals surface area contributed by atoms with Crippen LogP contribution >= 0.6 is 11.3 Å². The van der Waals surface area contributed by atoms with Crippen LogP contribution in [0, 0.1) is 17.0 Å².